The molecular weight excluding hydrogens is 232 g/mol. The van der Waals surface area contributed by atoms with E-state index in [-0.39, 0.29) is 0 Å². The number of nitrogens with zero attached hydrogens (tertiary/aromatic N) is 2. The third-order valence-corrected chi connectivity index (χ3v) is 5.02. The van der Waals surface area contributed by atoms with Gasteiger partial charge in [-0.2, -0.15) is 0 Å². The minimum Gasteiger partial charge on any atom is -0.233 e. The van der Waals surface area contributed by atoms with Gasteiger partial charge in [0.2, 0.25) is 0 Å². The van der Waals surface area contributed by atoms with Crippen LogP contribution in [0, 0.1) is 18.3 Å². The van der Waals surface area contributed by atoms with Gasteiger partial charge in [-0.1, -0.05) is 44.2 Å². The summed E-state index contributed by atoms with van der Waals surface area (Å²) in [5, 5.41) is 0. The van der Waals surface area contributed by atoms with Gasteiger partial charge in [0.1, 0.15) is 0 Å². The lowest BCUT2D eigenvalue weighted by molar-refractivity contribution is 0.534. The zero-order valence-corrected chi connectivity index (χ0v) is 11.6. The normalized spacial score (nSPS) is 25.8. The average molecular weight is 250 g/mol. The second kappa shape index (κ2) is 3.44. The van der Waals surface area contributed by atoms with E-state index in [1.165, 1.54) is 17.0 Å². The van der Waals surface area contributed by atoms with Crippen LogP contribution in [0.3, 0.4) is 0 Å². The lowest BCUT2D eigenvalue weighted by Crippen LogP contribution is -2.07. The van der Waals surface area contributed by atoms with Gasteiger partial charge in [-0.25, -0.2) is 9.97 Å². The Bertz CT molecular complexity index is 658. The van der Waals surface area contributed by atoms with E-state index < -0.39 is 0 Å². The fourth-order valence-corrected chi connectivity index (χ4v) is 3.82. The summed E-state index contributed by atoms with van der Waals surface area (Å²) in [4.78, 5) is 9.57. The highest BCUT2D eigenvalue weighted by Gasteiger charge is 2.63. The second-order valence-electron chi connectivity index (χ2n) is 6.47. The predicted molar refractivity (Wildman–Crippen MR) is 75.9 cm³/mol. The summed E-state index contributed by atoms with van der Waals surface area (Å²) >= 11 is 0. The standard InChI is InChI=1S/C17H18N2/c1-10-14-13(9-12-15(14)17(12,2)3)19-16(18-10)11-7-5-4-6-8-11/h4-8,12,15H,9H2,1-3H3/t12-,15-/m1/s1. The molecule has 1 fully saturated rings. The molecule has 2 nitrogen and oxygen atoms in total. The average Bonchev–Trinajstić information content (AvgIpc) is 2.76. The van der Waals surface area contributed by atoms with E-state index in [1.807, 2.05) is 18.2 Å². The Morgan fingerprint density at radius 1 is 1.11 bits per heavy atom. The lowest BCUT2D eigenvalue weighted by atomic mass is 9.97. The van der Waals surface area contributed by atoms with Crippen molar-refractivity contribution in [3.63, 3.8) is 0 Å². The van der Waals surface area contributed by atoms with E-state index in [4.69, 9.17) is 9.97 Å². The van der Waals surface area contributed by atoms with E-state index in [1.54, 1.807) is 0 Å². The summed E-state index contributed by atoms with van der Waals surface area (Å²) in [6, 6.07) is 10.3. The van der Waals surface area contributed by atoms with Gasteiger partial charge in [0.25, 0.3) is 0 Å². The van der Waals surface area contributed by atoms with Crippen molar-refractivity contribution in [3.05, 3.63) is 47.3 Å². The fraction of sp³-hybridized carbons (Fsp3) is 0.412. The molecule has 0 spiro atoms. The first-order valence-corrected chi connectivity index (χ1v) is 7.02. The van der Waals surface area contributed by atoms with Crippen LogP contribution in [0.15, 0.2) is 30.3 Å². The van der Waals surface area contributed by atoms with Gasteiger partial charge in [0, 0.05) is 17.0 Å². The molecule has 96 valence electrons. The van der Waals surface area contributed by atoms with Crippen LogP contribution in [0.2, 0.25) is 0 Å². The van der Waals surface area contributed by atoms with Crippen molar-refractivity contribution in [2.45, 2.75) is 33.1 Å². The molecule has 1 heterocycles. The molecule has 2 aliphatic rings. The summed E-state index contributed by atoms with van der Waals surface area (Å²) < 4.78 is 0. The fourth-order valence-electron chi connectivity index (χ4n) is 3.82. The zero-order chi connectivity index (χ0) is 13.2. The molecule has 4 rings (SSSR count). The second-order valence-corrected chi connectivity index (χ2v) is 6.47. The quantitative estimate of drug-likeness (QED) is 0.770. The summed E-state index contributed by atoms with van der Waals surface area (Å²) in [6.45, 7) is 6.88. The Hall–Kier alpha value is -1.70. The van der Waals surface area contributed by atoms with Crippen LogP contribution in [0.25, 0.3) is 11.4 Å². The first-order valence-electron chi connectivity index (χ1n) is 7.02. The number of hydrogen-bond donors (Lipinski definition) is 0. The van der Waals surface area contributed by atoms with Crippen LogP contribution in [0.4, 0.5) is 0 Å². The summed E-state index contributed by atoms with van der Waals surface area (Å²) in [7, 11) is 0. The molecule has 2 heteroatoms. The maximum absolute atomic E-state index is 4.82. The molecule has 1 saturated carbocycles. The number of fused-ring (bicyclic) bond motifs is 3. The van der Waals surface area contributed by atoms with Gasteiger partial charge < -0.3 is 0 Å². The van der Waals surface area contributed by atoms with Gasteiger partial charge >= 0.3 is 0 Å². The van der Waals surface area contributed by atoms with Gasteiger partial charge in [-0.3, -0.25) is 0 Å². The summed E-state index contributed by atoms with van der Waals surface area (Å²) in [5.74, 6) is 2.38. The van der Waals surface area contributed by atoms with Gasteiger partial charge in [-0.05, 0) is 36.2 Å². The molecule has 19 heavy (non-hydrogen) atoms. The maximum Gasteiger partial charge on any atom is 0.159 e. The molecular formula is C17H18N2. The monoisotopic (exact) mass is 250 g/mol. The Balaban J connectivity index is 1.82. The zero-order valence-electron chi connectivity index (χ0n) is 11.6. The van der Waals surface area contributed by atoms with E-state index in [0.717, 1.165) is 23.7 Å². The highest BCUT2D eigenvalue weighted by atomic mass is 14.9. The van der Waals surface area contributed by atoms with E-state index in [0.29, 0.717) is 11.3 Å². The van der Waals surface area contributed by atoms with E-state index >= 15 is 0 Å². The molecule has 2 atom stereocenters. The third-order valence-electron chi connectivity index (χ3n) is 5.02. The van der Waals surface area contributed by atoms with E-state index in [2.05, 4.69) is 32.9 Å². The van der Waals surface area contributed by atoms with Crippen molar-refractivity contribution in [2.24, 2.45) is 11.3 Å². The van der Waals surface area contributed by atoms with Crippen LogP contribution in [-0.4, -0.2) is 9.97 Å². The number of hydrogen-bond acceptors (Lipinski definition) is 2. The Kier molecular flexibility index (Phi) is 2.02. The van der Waals surface area contributed by atoms with Crippen molar-refractivity contribution in [3.8, 4) is 11.4 Å². The number of benzene rings is 1. The first kappa shape index (κ1) is 11.2. The Morgan fingerprint density at radius 3 is 2.58 bits per heavy atom. The molecule has 2 aliphatic carbocycles. The third kappa shape index (κ3) is 1.43. The van der Waals surface area contributed by atoms with E-state index in [9.17, 15) is 0 Å². The largest absolute Gasteiger partial charge is 0.233 e. The molecule has 0 aliphatic heterocycles. The maximum atomic E-state index is 4.82. The van der Waals surface area contributed by atoms with Crippen LogP contribution < -0.4 is 0 Å². The smallest absolute Gasteiger partial charge is 0.159 e. The van der Waals surface area contributed by atoms with Crippen molar-refractivity contribution in [2.75, 3.05) is 0 Å². The lowest BCUT2D eigenvalue weighted by Gasteiger charge is -2.14. The molecule has 0 amide bonds. The van der Waals surface area contributed by atoms with Gasteiger partial charge in [0.15, 0.2) is 5.82 Å². The molecule has 0 unspecified atom stereocenters. The molecule has 1 aromatic heterocycles. The molecule has 0 saturated heterocycles. The Morgan fingerprint density at radius 2 is 1.84 bits per heavy atom. The van der Waals surface area contributed by atoms with Gasteiger partial charge in [-0.15, -0.1) is 0 Å². The topological polar surface area (TPSA) is 25.8 Å². The van der Waals surface area contributed by atoms with Crippen molar-refractivity contribution < 1.29 is 0 Å². The van der Waals surface area contributed by atoms with Crippen LogP contribution in [0.1, 0.15) is 36.7 Å². The first-order chi connectivity index (χ1) is 9.09. The number of aromatic nitrogens is 2. The molecule has 1 aromatic carbocycles. The Labute approximate surface area is 113 Å². The van der Waals surface area contributed by atoms with Crippen LogP contribution in [0.5, 0.6) is 0 Å². The van der Waals surface area contributed by atoms with Crippen molar-refractivity contribution in [1.82, 2.24) is 9.97 Å². The molecule has 0 radical (unpaired) electrons. The highest BCUT2D eigenvalue weighted by Crippen LogP contribution is 2.70. The van der Waals surface area contributed by atoms with Crippen molar-refractivity contribution in [1.29, 1.82) is 0 Å². The summed E-state index contributed by atoms with van der Waals surface area (Å²) in [5.41, 5.74) is 5.50. The minimum absolute atomic E-state index is 0.468. The number of aryl methyl sites for hydroxylation is 1. The van der Waals surface area contributed by atoms with Gasteiger partial charge in [0.05, 0.1) is 0 Å². The highest BCUT2D eigenvalue weighted by molar-refractivity contribution is 5.57. The van der Waals surface area contributed by atoms with Crippen LogP contribution in [-0.2, 0) is 6.42 Å². The molecule has 2 aromatic rings. The number of rotatable bonds is 1. The molecule has 0 N–H and O–H groups in total. The van der Waals surface area contributed by atoms with Crippen LogP contribution >= 0.6 is 0 Å². The van der Waals surface area contributed by atoms with Crippen molar-refractivity contribution >= 4 is 0 Å². The minimum atomic E-state index is 0.468. The molecule has 0 bridgehead atoms. The summed E-state index contributed by atoms with van der Waals surface area (Å²) in [6.07, 6.45) is 1.14. The predicted octanol–water partition coefficient (Wildman–Crippen LogP) is 3.75. The SMILES string of the molecule is Cc1nc(-c2ccccc2)nc2c1[C@H]1[C@@H](C2)C1(C)C.